The summed E-state index contributed by atoms with van der Waals surface area (Å²) in [7, 11) is -3.01. The molecule has 0 radical (unpaired) electrons. The van der Waals surface area contributed by atoms with Crippen LogP contribution in [0, 0.1) is 11.8 Å². The SMILES string of the molecule is CC(CC1CCCN(S(C)(=O)=O)C1)C(C)NC1CC1. The molecule has 1 saturated heterocycles. The van der Waals surface area contributed by atoms with Gasteiger partial charge in [0.05, 0.1) is 6.26 Å². The standard InChI is InChI=1S/C14H28N2O2S/c1-11(12(2)15-14-6-7-14)9-13-5-4-8-16(10-13)19(3,17)18/h11-15H,4-10H2,1-3H3. The van der Waals surface area contributed by atoms with Gasteiger partial charge in [0.2, 0.25) is 10.0 Å². The van der Waals surface area contributed by atoms with E-state index in [0.29, 0.717) is 24.4 Å². The van der Waals surface area contributed by atoms with E-state index in [2.05, 4.69) is 19.2 Å². The Morgan fingerprint density at radius 3 is 2.53 bits per heavy atom. The van der Waals surface area contributed by atoms with Crippen LogP contribution in [-0.2, 0) is 10.0 Å². The lowest BCUT2D eigenvalue weighted by Crippen LogP contribution is -2.41. The molecule has 4 nitrogen and oxygen atoms in total. The topological polar surface area (TPSA) is 49.4 Å². The molecule has 1 aliphatic heterocycles. The number of hydrogen-bond donors (Lipinski definition) is 1. The van der Waals surface area contributed by atoms with Crippen molar-refractivity contribution in [3.05, 3.63) is 0 Å². The van der Waals surface area contributed by atoms with Gasteiger partial charge in [0.1, 0.15) is 0 Å². The van der Waals surface area contributed by atoms with Gasteiger partial charge in [0.25, 0.3) is 0 Å². The van der Waals surface area contributed by atoms with Crippen LogP contribution in [0.3, 0.4) is 0 Å². The van der Waals surface area contributed by atoms with Crippen LogP contribution in [0.1, 0.15) is 46.0 Å². The van der Waals surface area contributed by atoms with Crippen molar-refractivity contribution in [3.8, 4) is 0 Å². The Morgan fingerprint density at radius 2 is 1.95 bits per heavy atom. The summed E-state index contributed by atoms with van der Waals surface area (Å²) in [5.74, 6) is 1.15. The minimum Gasteiger partial charge on any atom is -0.311 e. The van der Waals surface area contributed by atoms with Gasteiger partial charge in [0.15, 0.2) is 0 Å². The van der Waals surface area contributed by atoms with Crippen molar-refractivity contribution in [2.45, 2.75) is 58.0 Å². The largest absolute Gasteiger partial charge is 0.311 e. The normalized spacial score (nSPS) is 29.1. The fraction of sp³-hybridized carbons (Fsp3) is 1.00. The van der Waals surface area contributed by atoms with Crippen molar-refractivity contribution in [1.29, 1.82) is 0 Å². The summed E-state index contributed by atoms with van der Waals surface area (Å²) < 4.78 is 24.9. The number of nitrogens with zero attached hydrogens (tertiary/aromatic N) is 1. The van der Waals surface area contributed by atoms with Gasteiger partial charge in [-0.3, -0.25) is 0 Å². The van der Waals surface area contributed by atoms with Gasteiger partial charge in [-0.1, -0.05) is 6.92 Å². The van der Waals surface area contributed by atoms with Crippen LogP contribution in [0.2, 0.25) is 0 Å². The first-order valence-corrected chi connectivity index (χ1v) is 9.42. The average molecular weight is 288 g/mol. The molecule has 1 N–H and O–H groups in total. The van der Waals surface area contributed by atoms with Crippen molar-refractivity contribution >= 4 is 10.0 Å². The summed E-state index contributed by atoms with van der Waals surface area (Å²) >= 11 is 0. The molecule has 0 spiro atoms. The maximum atomic E-state index is 11.6. The molecular weight excluding hydrogens is 260 g/mol. The van der Waals surface area contributed by atoms with E-state index in [1.54, 1.807) is 4.31 Å². The Morgan fingerprint density at radius 1 is 1.26 bits per heavy atom. The van der Waals surface area contributed by atoms with Crippen LogP contribution in [0.5, 0.6) is 0 Å². The first-order valence-electron chi connectivity index (χ1n) is 7.57. The highest BCUT2D eigenvalue weighted by atomic mass is 32.2. The van der Waals surface area contributed by atoms with E-state index in [9.17, 15) is 8.42 Å². The molecule has 0 amide bonds. The van der Waals surface area contributed by atoms with Crippen LogP contribution >= 0.6 is 0 Å². The van der Waals surface area contributed by atoms with E-state index in [1.165, 1.54) is 25.5 Å². The highest BCUT2D eigenvalue weighted by molar-refractivity contribution is 7.88. The zero-order chi connectivity index (χ0) is 14.0. The minimum atomic E-state index is -3.01. The van der Waals surface area contributed by atoms with Crippen LogP contribution < -0.4 is 5.32 Å². The van der Waals surface area contributed by atoms with Crippen molar-refractivity contribution in [1.82, 2.24) is 9.62 Å². The Labute approximate surface area is 118 Å². The summed E-state index contributed by atoms with van der Waals surface area (Å²) in [5.41, 5.74) is 0. The Kier molecular flexibility index (Phi) is 4.90. The lowest BCUT2D eigenvalue weighted by Gasteiger charge is -2.33. The van der Waals surface area contributed by atoms with E-state index in [4.69, 9.17) is 0 Å². The number of sulfonamides is 1. The maximum Gasteiger partial charge on any atom is 0.211 e. The monoisotopic (exact) mass is 288 g/mol. The van der Waals surface area contributed by atoms with Gasteiger partial charge in [-0.15, -0.1) is 0 Å². The number of nitrogens with one attached hydrogen (secondary N) is 1. The summed E-state index contributed by atoms with van der Waals surface area (Å²) in [4.78, 5) is 0. The lowest BCUT2D eigenvalue weighted by atomic mass is 9.86. The first-order chi connectivity index (χ1) is 8.86. The van der Waals surface area contributed by atoms with Crippen LogP contribution in [0.4, 0.5) is 0 Å². The molecule has 0 aromatic carbocycles. The highest BCUT2D eigenvalue weighted by Gasteiger charge is 2.29. The fourth-order valence-corrected chi connectivity index (χ4v) is 3.98. The van der Waals surface area contributed by atoms with E-state index in [0.717, 1.165) is 25.4 Å². The molecular formula is C14H28N2O2S. The van der Waals surface area contributed by atoms with Gasteiger partial charge < -0.3 is 5.32 Å². The second-order valence-corrected chi connectivity index (χ2v) is 8.55. The maximum absolute atomic E-state index is 11.6. The zero-order valence-corrected chi connectivity index (χ0v) is 13.2. The molecule has 19 heavy (non-hydrogen) atoms. The van der Waals surface area contributed by atoms with Gasteiger partial charge in [-0.25, -0.2) is 12.7 Å². The number of rotatable bonds is 6. The predicted molar refractivity (Wildman–Crippen MR) is 78.5 cm³/mol. The van der Waals surface area contributed by atoms with E-state index >= 15 is 0 Å². The molecule has 2 fully saturated rings. The molecule has 2 aliphatic rings. The fourth-order valence-electron chi connectivity index (χ4n) is 3.04. The highest BCUT2D eigenvalue weighted by Crippen LogP contribution is 2.27. The molecule has 0 bridgehead atoms. The van der Waals surface area contributed by atoms with Gasteiger partial charge in [-0.2, -0.15) is 0 Å². The Balaban J connectivity index is 1.80. The third-order valence-corrected chi connectivity index (χ3v) is 5.86. The van der Waals surface area contributed by atoms with Crippen molar-refractivity contribution in [3.63, 3.8) is 0 Å². The Bertz CT molecular complexity index is 392. The minimum absolute atomic E-state index is 0.530. The number of piperidine rings is 1. The lowest BCUT2D eigenvalue weighted by molar-refractivity contribution is 0.219. The molecule has 0 aromatic rings. The molecule has 3 atom stereocenters. The van der Waals surface area contributed by atoms with Gasteiger partial charge in [0, 0.05) is 25.2 Å². The van der Waals surface area contributed by atoms with Gasteiger partial charge >= 0.3 is 0 Å². The van der Waals surface area contributed by atoms with Crippen molar-refractivity contribution in [2.75, 3.05) is 19.3 Å². The van der Waals surface area contributed by atoms with Crippen LogP contribution in [0.25, 0.3) is 0 Å². The van der Waals surface area contributed by atoms with Crippen LogP contribution in [-0.4, -0.2) is 44.2 Å². The molecule has 1 aliphatic carbocycles. The molecule has 1 heterocycles. The summed E-state index contributed by atoms with van der Waals surface area (Å²) in [6.45, 7) is 5.98. The van der Waals surface area contributed by atoms with Crippen LogP contribution in [0.15, 0.2) is 0 Å². The molecule has 112 valence electrons. The summed E-state index contributed by atoms with van der Waals surface area (Å²) in [6, 6.07) is 1.29. The van der Waals surface area contributed by atoms with E-state index < -0.39 is 10.0 Å². The second kappa shape index (κ2) is 6.10. The zero-order valence-electron chi connectivity index (χ0n) is 12.4. The second-order valence-electron chi connectivity index (χ2n) is 6.57. The quantitative estimate of drug-likeness (QED) is 0.811. The first kappa shape index (κ1) is 15.3. The van der Waals surface area contributed by atoms with Gasteiger partial charge in [-0.05, 0) is 50.9 Å². The third-order valence-electron chi connectivity index (χ3n) is 4.59. The van der Waals surface area contributed by atoms with Crippen molar-refractivity contribution < 1.29 is 8.42 Å². The average Bonchev–Trinajstić information content (AvgIpc) is 3.12. The summed E-state index contributed by atoms with van der Waals surface area (Å²) in [5, 5.41) is 3.65. The molecule has 3 unspecified atom stereocenters. The van der Waals surface area contributed by atoms with Crippen molar-refractivity contribution in [2.24, 2.45) is 11.8 Å². The number of hydrogen-bond acceptors (Lipinski definition) is 3. The third kappa shape index (κ3) is 4.72. The summed E-state index contributed by atoms with van der Waals surface area (Å²) in [6.07, 6.45) is 7.29. The van der Waals surface area contributed by atoms with E-state index in [1.807, 2.05) is 0 Å². The predicted octanol–water partition coefficient (Wildman–Crippen LogP) is 1.82. The Hall–Kier alpha value is -0.130. The van der Waals surface area contributed by atoms with E-state index in [-0.39, 0.29) is 0 Å². The smallest absolute Gasteiger partial charge is 0.211 e. The molecule has 2 rings (SSSR count). The molecule has 5 heteroatoms. The molecule has 1 saturated carbocycles. The molecule has 0 aromatic heterocycles.